The van der Waals surface area contributed by atoms with E-state index < -0.39 is 0 Å². The zero-order valence-electron chi connectivity index (χ0n) is 12.4. The van der Waals surface area contributed by atoms with Gasteiger partial charge in [-0.25, -0.2) is 0 Å². The van der Waals surface area contributed by atoms with Gasteiger partial charge in [0.15, 0.2) is 6.29 Å². The van der Waals surface area contributed by atoms with E-state index in [1.807, 2.05) is 6.08 Å². The molecule has 1 heterocycles. The van der Waals surface area contributed by atoms with Crippen molar-refractivity contribution in [2.24, 2.45) is 0 Å². The Balaban J connectivity index is 1.70. The van der Waals surface area contributed by atoms with Gasteiger partial charge in [-0.15, -0.1) is 5.73 Å². The van der Waals surface area contributed by atoms with Crippen LogP contribution in [-0.2, 0) is 9.47 Å². The summed E-state index contributed by atoms with van der Waals surface area (Å²) >= 11 is 0. The van der Waals surface area contributed by atoms with E-state index in [2.05, 4.69) is 12.3 Å². The molecule has 2 nitrogen and oxygen atoms in total. The minimum absolute atomic E-state index is 0.101. The molecular formula is C17H30O2. The van der Waals surface area contributed by atoms with E-state index in [0.29, 0.717) is 0 Å². The number of rotatable bonds is 12. The average molecular weight is 266 g/mol. The van der Waals surface area contributed by atoms with Gasteiger partial charge in [0.2, 0.25) is 0 Å². The molecule has 0 aromatic carbocycles. The van der Waals surface area contributed by atoms with Crippen LogP contribution in [-0.4, -0.2) is 19.5 Å². The van der Waals surface area contributed by atoms with Crippen molar-refractivity contribution >= 4 is 0 Å². The minimum Gasteiger partial charge on any atom is -0.350 e. The van der Waals surface area contributed by atoms with Gasteiger partial charge in [0.25, 0.3) is 0 Å². The standard InChI is InChI=1S/C17H30O2/c1-2-3-4-5-6-7-8-9-10-11-12-13-14-17-18-15-16-19-17/h3,17H,1,4-16H2. The Labute approximate surface area is 118 Å². The average Bonchev–Trinajstić information content (AvgIpc) is 2.93. The van der Waals surface area contributed by atoms with Gasteiger partial charge in [-0.3, -0.25) is 0 Å². The summed E-state index contributed by atoms with van der Waals surface area (Å²) in [5, 5.41) is 0. The molecule has 1 rings (SSSR count). The third-order valence-corrected chi connectivity index (χ3v) is 3.62. The summed E-state index contributed by atoms with van der Waals surface area (Å²) in [6.45, 7) is 5.14. The normalized spacial score (nSPS) is 15.6. The van der Waals surface area contributed by atoms with Crippen molar-refractivity contribution in [2.75, 3.05) is 13.2 Å². The Hall–Kier alpha value is -0.560. The molecule has 0 unspecified atom stereocenters. The molecule has 1 saturated heterocycles. The molecule has 0 spiro atoms. The molecule has 2 heteroatoms. The highest BCUT2D eigenvalue weighted by Crippen LogP contribution is 2.15. The smallest absolute Gasteiger partial charge is 0.157 e. The highest BCUT2D eigenvalue weighted by atomic mass is 16.7. The third kappa shape index (κ3) is 9.95. The van der Waals surface area contributed by atoms with E-state index in [9.17, 15) is 0 Å². The fourth-order valence-electron chi connectivity index (χ4n) is 2.47. The highest BCUT2D eigenvalue weighted by molar-refractivity contribution is 4.74. The molecule has 0 radical (unpaired) electrons. The van der Waals surface area contributed by atoms with Gasteiger partial charge >= 0.3 is 0 Å². The molecule has 19 heavy (non-hydrogen) atoms. The molecule has 0 bridgehead atoms. The molecule has 110 valence electrons. The maximum absolute atomic E-state index is 5.42. The second kappa shape index (κ2) is 12.5. The maximum atomic E-state index is 5.42. The first-order chi connectivity index (χ1) is 9.43. The fourth-order valence-corrected chi connectivity index (χ4v) is 2.47. The van der Waals surface area contributed by atoms with Gasteiger partial charge in [0, 0.05) is 0 Å². The summed E-state index contributed by atoms with van der Waals surface area (Å²) in [7, 11) is 0. The van der Waals surface area contributed by atoms with Crippen LogP contribution in [0, 0.1) is 0 Å². The van der Waals surface area contributed by atoms with Crippen LogP contribution in [0.1, 0.15) is 70.6 Å². The van der Waals surface area contributed by atoms with Crippen LogP contribution in [0.15, 0.2) is 18.4 Å². The lowest BCUT2D eigenvalue weighted by Gasteiger charge is -2.08. The monoisotopic (exact) mass is 266 g/mol. The summed E-state index contributed by atoms with van der Waals surface area (Å²) in [4.78, 5) is 0. The van der Waals surface area contributed by atoms with Crippen molar-refractivity contribution < 1.29 is 9.47 Å². The van der Waals surface area contributed by atoms with Crippen LogP contribution in [0.5, 0.6) is 0 Å². The van der Waals surface area contributed by atoms with E-state index in [1.54, 1.807) is 0 Å². The third-order valence-electron chi connectivity index (χ3n) is 3.62. The Bertz CT molecular complexity index is 238. The molecule has 0 amide bonds. The van der Waals surface area contributed by atoms with Crippen LogP contribution in [0.25, 0.3) is 0 Å². The van der Waals surface area contributed by atoms with Crippen molar-refractivity contribution in [3.63, 3.8) is 0 Å². The summed E-state index contributed by atoms with van der Waals surface area (Å²) in [5.41, 5.74) is 2.83. The molecule has 1 aliphatic rings. The molecule has 0 aromatic rings. The summed E-state index contributed by atoms with van der Waals surface area (Å²) in [6, 6.07) is 0. The number of ether oxygens (including phenoxy) is 2. The van der Waals surface area contributed by atoms with Crippen molar-refractivity contribution in [3.05, 3.63) is 18.4 Å². The van der Waals surface area contributed by atoms with Gasteiger partial charge in [0.05, 0.1) is 13.2 Å². The SMILES string of the molecule is C=C=CCCCCCCCCCCCC1OCCO1. The Morgan fingerprint density at radius 2 is 1.37 bits per heavy atom. The quantitative estimate of drug-likeness (QED) is 0.366. The van der Waals surface area contributed by atoms with Crippen LogP contribution in [0.4, 0.5) is 0 Å². The molecule has 0 aromatic heterocycles. The lowest BCUT2D eigenvalue weighted by Crippen LogP contribution is -2.06. The van der Waals surface area contributed by atoms with Crippen molar-refractivity contribution in [1.82, 2.24) is 0 Å². The Morgan fingerprint density at radius 3 is 1.95 bits per heavy atom. The van der Waals surface area contributed by atoms with Crippen molar-refractivity contribution in [2.45, 2.75) is 76.9 Å². The van der Waals surface area contributed by atoms with Crippen molar-refractivity contribution in [3.8, 4) is 0 Å². The lowest BCUT2D eigenvalue weighted by atomic mass is 10.1. The molecule has 1 aliphatic heterocycles. The second-order valence-corrected chi connectivity index (χ2v) is 5.34. The number of allylic oxidation sites excluding steroid dienone is 1. The van der Waals surface area contributed by atoms with Crippen LogP contribution < -0.4 is 0 Å². The predicted octanol–water partition coefficient (Wildman–Crippen LogP) is 4.99. The van der Waals surface area contributed by atoms with E-state index in [4.69, 9.17) is 9.47 Å². The number of hydrogen-bond donors (Lipinski definition) is 0. The lowest BCUT2D eigenvalue weighted by molar-refractivity contribution is -0.0480. The summed E-state index contributed by atoms with van der Waals surface area (Å²) < 4.78 is 10.8. The van der Waals surface area contributed by atoms with E-state index in [-0.39, 0.29) is 6.29 Å². The van der Waals surface area contributed by atoms with Gasteiger partial charge in [-0.05, 0) is 31.8 Å². The Kier molecular flexibility index (Phi) is 10.8. The van der Waals surface area contributed by atoms with E-state index in [0.717, 1.165) is 26.1 Å². The molecular weight excluding hydrogens is 236 g/mol. The molecule has 0 N–H and O–H groups in total. The first-order valence-corrected chi connectivity index (χ1v) is 8.01. The maximum Gasteiger partial charge on any atom is 0.157 e. The van der Waals surface area contributed by atoms with Crippen molar-refractivity contribution in [1.29, 1.82) is 0 Å². The molecule has 0 saturated carbocycles. The second-order valence-electron chi connectivity index (χ2n) is 5.34. The fraction of sp³-hybridized carbons (Fsp3) is 0.824. The van der Waals surface area contributed by atoms with Gasteiger partial charge in [-0.1, -0.05) is 51.5 Å². The largest absolute Gasteiger partial charge is 0.350 e. The minimum atomic E-state index is 0.101. The Morgan fingerprint density at radius 1 is 0.842 bits per heavy atom. The zero-order chi connectivity index (χ0) is 13.6. The topological polar surface area (TPSA) is 18.5 Å². The van der Waals surface area contributed by atoms with Crippen LogP contribution in [0.2, 0.25) is 0 Å². The van der Waals surface area contributed by atoms with Gasteiger partial charge < -0.3 is 9.47 Å². The molecule has 0 atom stereocenters. The zero-order valence-corrected chi connectivity index (χ0v) is 12.4. The summed E-state index contributed by atoms with van der Waals surface area (Å²) in [6.07, 6.45) is 16.5. The van der Waals surface area contributed by atoms with E-state index in [1.165, 1.54) is 57.8 Å². The van der Waals surface area contributed by atoms with E-state index >= 15 is 0 Å². The van der Waals surface area contributed by atoms with Gasteiger partial charge in [0.1, 0.15) is 0 Å². The highest BCUT2D eigenvalue weighted by Gasteiger charge is 2.14. The van der Waals surface area contributed by atoms with Gasteiger partial charge in [-0.2, -0.15) is 0 Å². The predicted molar refractivity (Wildman–Crippen MR) is 80.2 cm³/mol. The first kappa shape index (κ1) is 16.5. The number of hydrogen-bond acceptors (Lipinski definition) is 2. The molecule has 0 aliphatic carbocycles. The number of unbranched alkanes of at least 4 members (excludes halogenated alkanes) is 9. The van der Waals surface area contributed by atoms with Crippen LogP contribution >= 0.6 is 0 Å². The first-order valence-electron chi connectivity index (χ1n) is 8.01. The molecule has 1 fully saturated rings. The summed E-state index contributed by atoms with van der Waals surface area (Å²) in [5.74, 6) is 0. The van der Waals surface area contributed by atoms with Crippen LogP contribution in [0.3, 0.4) is 0 Å².